The zero-order valence-corrected chi connectivity index (χ0v) is 14.8. The highest BCUT2D eigenvalue weighted by atomic mass is 79.9. The van der Waals surface area contributed by atoms with Crippen LogP contribution in [-0.4, -0.2) is 37.5 Å². The molecule has 1 fully saturated rings. The molecule has 10 heteroatoms. The van der Waals surface area contributed by atoms with E-state index in [2.05, 4.69) is 15.9 Å². The van der Waals surface area contributed by atoms with Gasteiger partial charge in [0.1, 0.15) is 0 Å². The fourth-order valence-corrected chi connectivity index (χ4v) is 5.74. The topological polar surface area (TPSA) is 80.7 Å². The van der Waals surface area contributed by atoms with E-state index in [9.17, 15) is 31.5 Å². The van der Waals surface area contributed by atoms with Gasteiger partial charge < -0.3 is 9.84 Å². The molecule has 2 rings (SSSR count). The van der Waals surface area contributed by atoms with Gasteiger partial charge in [-0.1, -0.05) is 15.9 Å². The number of carboxylic acid groups (broad SMARTS) is 1. The number of carbonyl (C=O) groups is 1. The molecule has 1 aromatic rings. The van der Waals surface area contributed by atoms with E-state index in [1.165, 1.54) is 0 Å². The summed E-state index contributed by atoms with van der Waals surface area (Å²) >= 11 is 2.87. The van der Waals surface area contributed by atoms with E-state index in [-0.39, 0.29) is 23.7 Å². The molecule has 1 aromatic carbocycles. The molecule has 0 saturated heterocycles. The highest BCUT2D eigenvalue weighted by molar-refractivity contribution is 9.10. The molecule has 24 heavy (non-hydrogen) atoms. The van der Waals surface area contributed by atoms with Crippen LogP contribution in [0.5, 0.6) is 0 Å². The lowest BCUT2D eigenvalue weighted by Gasteiger charge is -2.31. The highest BCUT2D eigenvalue weighted by Crippen LogP contribution is 2.46. The minimum Gasteiger partial charge on any atom is -0.480 e. The number of ether oxygens (including phenoxy) is 1. The van der Waals surface area contributed by atoms with Crippen LogP contribution in [0.2, 0.25) is 0 Å². The minimum absolute atomic E-state index is 0.0351. The maximum absolute atomic E-state index is 13.3. The molecule has 1 N–H and O–H groups in total. The molecule has 134 valence electrons. The molecule has 5 nitrogen and oxygen atoms in total. The second kappa shape index (κ2) is 6.30. The lowest BCUT2D eigenvalue weighted by molar-refractivity contribution is -0.144. The van der Waals surface area contributed by atoms with E-state index >= 15 is 0 Å². The third-order valence-electron chi connectivity index (χ3n) is 4.20. The van der Waals surface area contributed by atoms with Crippen LogP contribution in [0.1, 0.15) is 24.8 Å². The average molecular weight is 431 g/mol. The maximum Gasteiger partial charge on any atom is 0.417 e. The average Bonchev–Trinajstić information content (AvgIpc) is 2.91. The Kier molecular flexibility index (Phi) is 5.04. The van der Waals surface area contributed by atoms with E-state index < -0.39 is 43.3 Å². The van der Waals surface area contributed by atoms with Crippen molar-refractivity contribution in [2.75, 3.05) is 7.11 Å². The van der Waals surface area contributed by atoms with Crippen molar-refractivity contribution >= 4 is 31.7 Å². The van der Waals surface area contributed by atoms with Gasteiger partial charge in [0.2, 0.25) is 0 Å². The van der Waals surface area contributed by atoms with Crippen LogP contribution in [-0.2, 0) is 25.5 Å². The van der Waals surface area contributed by atoms with Crippen molar-refractivity contribution in [1.29, 1.82) is 0 Å². The largest absolute Gasteiger partial charge is 0.480 e. The first-order valence-electron chi connectivity index (χ1n) is 6.86. The van der Waals surface area contributed by atoms with Gasteiger partial charge in [-0.2, -0.15) is 13.2 Å². The van der Waals surface area contributed by atoms with Crippen LogP contribution in [0, 0.1) is 0 Å². The fraction of sp³-hybridized carbons (Fsp3) is 0.500. The molecule has 0 spiro atoms. The third-order valence-corrected chi connectivity index (χ3v) is 7.23. The molecule has 0 amide bonds. The number of rotatable bonds is 4. The van der Waals surface area contributed by atoms with Crippen molar-refractivity contribution in [2.45, 2.75) is 41.2 Å². The maximum atomic E-state index is 13.3. The Hall–Kier alpha value is -1.13. The van der Waals surface area contributed by atoms with Crippen molar-refractivity contribution in [2.24, 2.45) is 0 Å². The van der Waals surface area contributed by atoms with E-state index in [1.54, 1.807) is 0 Å². The highest BCUT2D eigenvalue weighted by Gasteiger charge is 2.61. The van der Waals surface area contributed by atoms with E-state index in [4.69, 9.17) is 4.74 Å². The Morgan fingerprint density at radius 1 is 1.42 bits per heavy atom. The Labute approximate surface area is 144 Å². The first-order valence-corrected chi connectivity index (χ1v) is 9.13. The predicted molar refractivity (Wildman–Crippen MR) is 81.3 cm³/mol. The molecule has 2 unspecified atom stereocenters. The van der Waals surface area contributed by atoms with Gasteiger partial charge >= 0.3 is 12.1 Å². The summed E-state index contributed by atoms with van der Waals surface area (Å²) in [4.78, 5) is 10.7. The third kappa shape index (κ3) is 2.84. The van der Waals surface area contributed by atoms with Gasteiger partial charge in [0.15, 0.2) is 14.6 Å². The number of alkyl halides is 3. The SMILES string of the molecule is COC1CCCC1(C(=O)O)S(=O)(=O)c1ccc(Br)cc1C(F)(F)F. The van der Waals surface area contributed by atoms with E-state index in [0.29, 0.717) is 6.07 Å². The second-order valence-corrected chi connectivity index (χ2v) is 8.54. The van der Waals surface area contributed by atoms with Crippen molar-refractivity contribution in [3.05, 3.63) is 28.2 Å². The lowest BCUT2D eigenvalue weighted by atomic mass is 10.1. The van der Waals surface area contributed by atoms with Crippen LogP contribution < -0.4 is 0 Å². The summed E-state index contributed by atoms with van der Waals surface area (Å²) in [6, 6.07) is 2.53. The lowest BCUT2D eigenvalue weighted by Crippen LogP contribution is -2.53. The quantitative estimate of drug-likeness (QED) is 0.792. The summed E-state index contributed by atoms with van der Waals surface area (Å²) in [5.74, 6) is -1.71. The predicted octanol–water partition coefficient (Wildman–Crippen LogP) is 3.26. The Morgan fingerprint density at radius 2 is 2.04 bits per heavy atom. The summed E-state index contributed by atoms with van der Waals surface area (Å²) in [6.07, 6.45) is -6.12. The number of halogens is 4. The zero-order valence-electron chi connectivity index (χ0n) is 12.4. The van der Waals surface area contributed by atoms with Crippen molar-refractivity contribution in [3.8, 4) is 0 Å². The summed E-state index contributed by atoms with van der Waals surface area (Å²) < 4.78 is 68.4. The normalized spacial score (nSPS) is 25.0. The smallest absolute Gasteiger partial charge is 0.417 e. The molecular weight excluding hydrogens is 417 g/mol. The number of benzene rings is 1. The molecule has 1 aliphatic rings. The molecular formula is C14H14BrF3O5S. The standard InChI is InChI=1S/C14H14BrF3O5S/c1-23-11-3-2-6-13(11,12(19)20)24(21,22)10-5-4-8(15)7-9(10)14(16,17)18/h4-5,7,11H,2-3,6H2,1H3,(H,19,20). The van der Waals surface area contributed by atoms with Gasteiger partial charge in [-0.05, 0) is 37.5 Å². The van der Waals surface area contributed by atoms with Gasteiger partial charge in [-0.15, -0.1) is 0 Å². The Balaban J connectivity index is 2.77. The van der Waals surface area contributed by atoms with E-state index in [1.807, 2.05) is 0 Å². The Morgan fingerprint density at radius 3 is 2.54 bits per heavy atom. The number of sulfone groups is 1. The summed E-state index contributed by atoms with van der Waals surface area (Å²) in [5.41, 5.74) is -1.40. The van der Waals surface area contributed by atoms with Crippen LogP contribution in [0.15, 0.2) is 27.6 Å². The van der Waals surface area contributed by atoms with Crippen LogP contribution in [0.25, 0.3) is 0 Å². The molecule has 2 atom stereocenters. The monoisotopic (exact) mass is 430 g/mol. The van der Waals surface area contributed by atoms with Crippen molar-refractivity contribution in [1.82, 2.24) is 0 Å². The number of methoxy groups -OCH3 is 1. The van der Waals surface area contributed by atoms with Crippen LogP contribution in [0.3, 0.4) is 0 Å². The summed E-state index contributed by atoms with van der Waals surface area (Å²) in [7, 11) is -3.71. The van der Waals surface area contributed by atoms with Gasteiger partial charge in [0.05, 0.1) is 16.6 Å². The fourth-order valence-electron chi connectivity index (χ4n) is 3.07. The van der Waals surface area contributed by atoms with Crippen molar-refractivity contribution in [3.63, 3.8) is 0 Å². The van der Waals surface area contributed by atoms with Gasteiger partial charge in [-0.25, -0.2) is 8.42 Å². The van der Waals surface area contributed by atoms with Crippen molar-refractivity contribution < 1.29 is 36.2 Å². The molecule has 1 aliphatic carbocycles. The number of aliphatic carboxylic acids is 1. The molecule has 0 aliphatic heterocycles. The van der Waals surface area contributed by atoms with E-state index in [0.717, 1.165) is 19.2 Å². The molecule has 0 radical (unpaired) electrons. The zero-order chi connectivity index (χ0) is 18.3. The summed E-state index contributed by atoms with van der Waals surface area (Å²) in [5, 5.41) is 9.56. The first-order chi connectivity index (χ1) is 11.0. The second-order valence-electron chi connectivity index (χ2n) is 5.45. The number of carboxylic acids is 1. The van der Waals surface area contributed by atoms with Crippen LogP contribution in [0.4, 0.5) is 13.2 Å². The van der Waals surface area contributed by atoms with Crippen LogP contribution >= 0.6 is 15.9 Å². The summed E-state index contributed by atoms with van der Waals surface area (Å²) in [6.45, 7) is 0. The molecule has 0 aromatic heterocycles. The first kappa shape index (κ1) is 19.2. The van der Waals surface area contributed by atoms with Gasteiger partial charge in [-0.3, -0.25) is 4.79 Å². The molecule has 1 saturated carbocycles. The van der Waals surface area contributed by atoms with Gasteiger partial charge in [0, 0.05) is 11.6 Å². The minimum atomic E-state index is -4.95. The molecule has 0 bridgehead atoms. The number of hydrogen-bond donors (Lipinski definition) is 1. The molecule has 0 heterocycles. The number of hydrogen-bond acceptors (Lipinski definition) is 4. The Bertz CT molecular complexity index is 762. The van der Waals surface area contributed by atoms with Gasteiger partial charge in [0.25, 0.3) is 0 Å².